The van der Waals surface area contributed by atoms with E-state index in [0.717, 1.165) is 55.6 Å². The van der Waals surface area contributed by atoms with Gasteiger partial charge in [0.15, 0.2) is 0 Å². The molecule has 0 fully saturated rings. The molecule has 0 unspecified atom stereocenters. The lowest BCUT2D eigenvalue weighted by Gasteiger charge is -2.12. The number of hydrogen-bond donors (Lipinski definition) is 0. The number of nitrogens with zero attached hydrogens (tertiary/aromatic N) is 2. The highest BCUT2D eigenvalue weighted by Gasteiger charge is 2.19. The lowest BCUT2D eigenvalue weighted by atomic mass is 9.93. The van der Waals surface area contributed by atoms with Gasteiger partial charge in [0.2, 0.25) is 0 Å². The van der Waals surface area contributed by atoms with Gasteiger partial charge in [0.05, 0.1) is 22.1 Å². The molecule has 0 saturated heterocycles. The maximum atomic E-state index is 6.66. The van der Waals surface area contributed by atoms with Crippen LogP contribution in [0.5, 0.6) is 0 Å². The standard InChI is InChI=1S/C54H34N2O/c1-3-14-35(15-4-1)36-16-13-19-41(30-36)56-49-24-11-8-20-42(49)46-31-37(26-28-51(46)56)39-33-45(54-44-22-9-12-25-52(44)57-53(54)34-39)38-27-29-50-47(32-38)43-21-7-10-23-48(43)55(50)40-17-5-2-6-18-40/h1-34H. The van der Waals surface area contributed by atoms with Crippen LogP contribution in [0.3, 0.4) is 0 Å². The summed E-state index contributed by atoms with van der Waals surface area (Å²) in [6.07, 6.45) is 0. The highest BCUT2D eigenvalue weighted by molar-refractivity contribution is 6.17. The van der Waals surface area contributed by atoms with Gasteiger partial charge >= 0.3 is 0 Å². The first-order valence-electron chi connectivity index (χ1n) is 19.5. The van der Waals surface area contributed by atoms with Crippen molar-refractivity contribution in [2.75, 3.05) is 0 Å². The average Bonchev–Trinajstić information content (AvgIpc) is 3.94. The van der Waals surface area contributed by atoms with Gasteiger partial charge in [0, 0.05) is 43.7 Å². The Morgan fingerprint density at radius 2 is 0.807 bits per heavy atom. The Hall–Kier alpha value is -7.62. The molecular weight excluding hydrogens is 693 g/mol. The molecule has 57 heavy (non-hydrogen) atoms. The van der Waals surface area contributed by atoms with E-state index in [1.54, 1.807) is 0 Å². The highest BCUT2D eigenvalue weighted by Crippen LogP contribution is 2.43. The Morgan fingerprint density at radius 3 is 1.54 bits per heavy atom. The van der Waals surface area contributed by atoms with E-state index in [1.165, 1.54) is 54.7 Å². The van der Waals surface area contributed by atoms with Crippen molar-refractivity contribution in [1.82, 2.24) is 9.13 Å². The number of furan rings is 1. The minimum Gasteiger partial charge on any atom is -0.456 e. The predicted octanol–water partition coefficient (Wildman–Crippen LogP) is 14.8. The van der Waals surface area contributed by atoms with Gasteiger partial charge in [-0.15, -0.1) is 0 Å². The van der Waals surface area contributed by atoms with Crippen molar-refractivity contribution < 1.29 is 4.42 Å². The highest BCUT2D eigenvalue weighted by atomic mass is 16.3. The second kappa shape index (κ2) is 12.5. The fourth-order valence-electron chi connectivity index (χ4n) is 9.13. The Labute approximate surface area is 328 Å². The topological polar surface area (TPSA) is 23.0 Å². The summed E-state index contributed by atoms with van der Waals surface area (Å²) in [6.45, 7) is 0. The molecule has 0 spiro atoms. The summed E-state index contributed by atoms with van der Waals surface area (Å²) in [4.78, 5) is 0. The summed E-state index contributed by atoms with van der Waals surface area (Å²) in [5.41, 5.74) is 15.8. The monoisotopic (exact) mass is 726 g/mol. The summed E-state index contributed by atoms with van der Waals surface area (Å²) in [7, 11) is 0. The van der Waals surface area contributed by atoms with Crippen LogP contribution in [-0.4, -0.2) is 9.13 Å². The fourth-order valence-corrected chi connectivity index (χ4v) is 9.13. The molecule has 12 rings (SSSR count). The predicted molar refractivity (Wildman–Crippen MR) is 239 cm³/mol. The number of hydrogen-bond acceptors (Lipinski definition) is 1. The summed E-state index contributed by atoms with van der Waals surface area (Å²) in [5, 5.41) is 7.16. The van der Waals surface area contributed by atoms with E-state index < -0.39 is 0 Å². The van der Waals surface area contributed by atoms with Gasteiger partial charge in [-0.2, -0.15) is 0 Å². The fraction of sp³-hybridized carbons (Fsp3) is 0. The third-order valence-corrected chi connectivity index (χ3v) is 11.7. The number of para-hydroxylation sites is 4. The Balaban J connectivity index is 1.07. The van der Waals surface area contributed by atoms with Crippen LogP contribution in [0.25, 0.3) is 110 Å². The third-order valence-electron chi connectivity index (χ3n) is 11.7. The maximum absolute atomic E-state index is 6.66. The average molecular weight is 727 g/mol. The van der Waals surface area contributed by atoms with Crippen molar-refractivity contribution in [1.29, 1.82) is 0 Å². The molecule has 0 saturated carbocycles. The van der Waals surface area contributed by atoms with Crippen molar-refractivity contribution in [3.63, 3.8) is 0 Å². The van der Waals surface area contributed by atoms with Gasteiger partial charge in [-0.3, -0.25) is 0 Å². The first-order chi connectivity index (χ1) is 28.3. The van der Waals surface area contributed by atoms with Crippen LogP contribution >= 0.6 is 0 Å². The zero-order valence-corrected chi connectivity index (χ0v) is 30.9. The van der Waals surface area contributed by atoms with Crippen molar-refractivity contribution in [2.45, 2.75) is 0 Å². The Morgan fingerprint density at radius 1 is 0.281 bits per heavy atom. The van der Waals surface area contributed by atoms with Gasteiger partial charge in [-0.25, -0.2) is 0 Å². The van der Waals surface area contributed by atoms with Gasteiger partial charge in [-0.05, 0) is 112 Å². The molecule has 0 N–H and O–H groups in total. The summed E-state index contributed by atoms with van der Waals surface area (Å²) < 4.78 is 11.4. The molecule has 0 aliphatic rings. The third kappa shape index (κ3) is 4.92. The number of fused-ring (bicyclic) bond motifs is 9. The van der Waals surface area contributed by atoms with Crippen LogP contribution in [0.4, 0.5) is 0 Å². The maximum Gasteiger partial charge on any atom is 0.136 e. The van der Waals surface area contributed by atoms with Crippen LogP contribution in [-0.2, 0) is 0 Å². The lowest BCUT2D eigenvalue weighted by Crippen LogP contribution is -1.94. The van der Waals surface area contributed by atoms with Crippen molar-refractivity contribution in [3.8, 4) is 44.8 Å². The van der Waals surface area contributed by atoms with Gasteiger partial charge in [0.1, 0.15) is 11.2 Å². The molecule has 266 valence electrons. The Bertz CT molecular complexity index is 3510. The van der Waals surface area contributed by atoms with Crippen LogP contribution in [0.1, 0.15) is 0 Å². The first-order valence-corrected chi connectivity index (χ1v) is 19.5. The first kappa shape index (κ1) is 31.7. The quantitative estimate of drug-likeness (QED) is 0.173. The zero-order valence-electron chi connectivity index (χ0n) is 30.9. The number of rotatable bonds is 5. The molecule has 0 radical (unpaired) electrons. The van der Waals surface area contributed by atoms with Crippen molar-refractivity contribution in [2.24, 2.45) is 0 Å². The Kier molecular flexibility index (Phi) is 6.93. The zero-order chi connectivity index (χ0) is 37.5. The van der Waals surface area contributed by atoms with Crippen LogP contribution in [0.15, 0.2) is 211 Å². The largest absolute Gasteiger partial charge is 0.456 e. The van der Waals surface area contributed by atoms with E-state index in [0.29, 0.717) is 0 Å². The molecule has 0 bridgehead atoms. The number of aromatic nitrogens is 2. The van der Waals surface area contributed by atoms with E-state index in [9.17, 15) is 0 Å². The SMILES string of the molecule is c1ccc(-c2cccc(-n3c4ccccc4c4cc(-c5cc(-c6ccc7c(c6)c6ccccc6n7-c6ccccc6)c6c(c5)oc5ccccc56)ccc43)c2)cc1. The molecule has 3 heteroatoms. The van der Waals surface area contributed by atoms with E-state index in [4.69, 9.17) is 4.42 Å². The van der Waals surface area contributed by atoms with E-state index >= 15 is 0 Å². The molecule has 0 aliphatic heterocycles. The number of benzene rings is 9. The molecule has 12 aromatic rings. The van der Waals surface area contributed by atoms with Gasteiger partial charge in [-0.1, -0.05) is 127 Å². The lowest BCUT2D eigenvalue weighted by molar-refractivity contribution is 0.669. The molecule has 0 aliphatic carbocycles. The van der Waals surface area contributed by atoms with E-state index in [-0.39, 0.29) is 0 Å². The molecular formula is C54H34N2O. The normalized spacial score (nSPS) is 11.9. The van der Waals surface area contributed by atoms with E-state index in [2.05, 4.69) is 215 Å². The molecule has 3 nitrogen and oxygen atoms in total. The minimum absolute atomic E-state index is 0.885. The van der Waals surface area contributed by atoms with Crippen LogP contribution in [0.2, 0.25) is 0 Å². The second-order valence-electron chi connectivity index (χ2n) is 14.9. The van der Waals surface area contributed by atoms with E-state index in [1.807, 2.05) is 0 Å². The summed E-state index contributed by atoms with van der Waals surface area (Å²) in [6, 6.07) is 74.4. The van der Waals surface area contributed by atoms with Crippen LogP contribution in [0, 0.1) is 0 Å². The van der Waals surface area contributed by atoms with Gasteiger partial charge in [0.25, 0.3) is 0 Å². The summed E-state index contributed by atoms with van der Waals surface area (Å²) in [5.74, 6) is 0. The molecule has 3 heterocycles. The molecule has 3 aromatic heterocycles. The molecule has 0 amide bonds. The minimum atomic E-state index is 0.885. The van der Waals surface area contributed by atoms with Crippen molar-refractivity contribution in [3.05, 3.63) is 206 Å². The smallest absolute Gasteiger partial charge is 0.136 e. The van der Waals surface area contributed by atoms with Gasteiger partial charge < -0.3 is 13.6 Å². The molecule has 0 atom stereocenters. The second-order valence-corrected chi connectivity index (χ2v) is 14.9. The van der Waals surface area contributed by atoms with Crippen molar-refractivity contribution >= 4 is 65.6 Å². The van der Waals surface area contributed by atoms with Crippen LogP contribution < -0.4 is 0 Å². The summed E-state index contributed by atoms with van der Waals surface area (Å²) >= 11 is 0. The molecule has 9 aromatic carbocycles.